The van der Waals surface area contributed by atoms with Crippen LogP contribution in [0.2, 0.25) is 5.28 Å². The molecule has 0 N–H and O–H groups in total. The van der Waals surface area contributed by atoms with Crippen LogP contribution >= 0.6 is 27.5 Å². The van der Waals surface area contributed by atoms with E-state index in [1.54, 1.807) is 0 Å². The van der Waals surface area contributed by atoms with Gasteiger partial charge in [-0.25, -0.2) is 9.78 Å². The maximum atomic E-state index is 11.2. The van der Waals surface area contributed by atoms with Crippen molar-refractivity contribution >= 4 is 39.4 Å². The molecule has 2 rings (SSSR count). The molecule has 1 amide bonds. The van der Waals surface area contributed by atoms with Crippen LogP contribution in [-0.4, -0.2) is 29.2 Å². The minimum atomic E-state index is -0.416. The van der Waals surface area contributed by atoms with Crippen molar-refractivity contribution in [1.29, 1.82) is 0 Å². The molecule has 0 aliphatic carbocycles. The molecule has 2 heterocycles. The Kier molecular flexibility index (Phi) is 2.56. The van der Waals surface area contributed by atoms with Crippen LogP contribution in [0.3, 0.4) is 0 Å². The molecule has 1 aromatic rings. The summed E-state index contributed by atoms with van der Waals surface area (Å²) in [4.78, 5) is 20.3. The minimum Gasteiger partial charge on any atom is -0.447 e. The number of halogens is 2. The second kappa shape index (κ2) is 3.70. The number of rotatable bonds is 1. The third kappa shape index (κ3) is 1.67. The lowest BCUT2D eigenvalue weighted by Gasteiger charge is -2.12. The molecule has 1 saturated heterocycles. The van der Waals surface area contributed by atoms with Gasteiger partial charge in [0.2, 0.25) is 5.28 Å². The van der Waals surface area contributed by atoms with Crippen molar-refractivity contribution in [3.8, 4) is 0 Å². The van der Waals surface area contributed by atoms with Crippen molar-refractivity contribution in [2.45, 2.75) is 0 Å². The minimum absolute atomic E-state index is 0.0999. The second-order valence-corrected chi connectivity index (χ2v) is 3.77. The van der Waals surface area contributed by atoms with E-state index >= 15 is 0 Å². The third-order valence-electron chi connectivity index (χ3n) is 1.71. The Morgan fingerprint density at radius 1 is 1.64 bits per heavy atom. The molecule has 0 unspecified atom stereocenters. The molecular weight excluding hydrogens is 273 g/mol. The molecule has 1 aliphatic heterocycles. The zero-order chi connectivity index (χ0) is 10.1. The first-order chi connectivity index (χ1) is 6.68. The molecule has 5 nitrogen and oxygen atoms in total. The van der Waals surface area contributed by atoms with Gasteiger partial charge in [-0.15, -0.1) is 0 Å². The van der Waals surface area contributed by atoms with Crippen molar-refractivity contribution in [3.63, 3.8) is 0 Å². The third-order valence-corrected chi connectivity index (χ3v) is 2.45. The van der Waals surface area contributed by atoms with Crippen LogP contribution in [0, 0.1) is 0 Å². The molecule has 7 heteroatoms. The van der Waals surface area contributed by atoms with E-state index in [0.29, 0.717) is 23.4 Å². The molecule has 14 heavy (non-hydrogen) atoms. The normalized spacial score (nSPS) is 15.9. The van der Waals surface area contributed by atoms with Gasteiger partial charge in [0.05, 0.1) is 11.0 Å². The van der Waals surface area contributed by atoms with E-state index in [2.05, 4.69) is 25.9 Å². The van der Waals surface area contributed by atoms with Crippen LogP contribution in [0.5, 0.6) is 0 Å². The maximum Gasteiger partial charge on any atom is 0.415 e. The van der Waals surface area contributed by atoms with Gasteiger partial charge in [0.15, 0.2) is 5.82 Å². The molecule has 0 atom stereocenters. The van der Waals surface area contributed by atoms with Gasteiger partial charge in [0.1, 0.15) is 6.61 Å². The van der Waals surface area contributed by atoms with Crippen LogP contribution in [-0.2, 0) is 4.74 Å². The lowest BCUT2D eigenvalue weighted by Crippen LogP contribution is -2.25. The number of cyclic esters (lactones) is 1. The van der Waals surface area contributed by atoms with E-state index in [4.69, 9.17) is 16.3 Å². The van der Waals surface area contributed by atoms with Gasteiger partial charge in [-0.2, -0.15) is 4.98 Å². The number of carbonyl (C=O) groups excluding carboxylic acids is 1. The summed E-state index contributed by atoms with van der Waals surface area (Å²) in [6.45, 7) is 0.845. The van der Waals surface area contributed by atoms with Crippen LogP contribution in [0.1, 0.15) is 0 Å². The molecule has 0 aromatic carbocycles. The fourth-order valence-electron chi connectivity index (χ4n) is 1.11. The summed E-state index contributed by atoms with van der Waals surface area (Å²) in [5.41, 5.74) is 0. The van der Waals surface area contributed by atoms with Gasteiger partial charge in [0, 0.05) is 6.20 Å². The van der Waals surface area contributed by atoms with Gasteiger partial charge >= 0.3 is 6.09 Å². The Hall–Kier alpha value is -0.880. The Balaban J connectivity index is 2.39. The highest BCUT2D eigenvalue weighted by Crippen LogP contribution is 2.26. The maximum absolute atomic E-state index is 11.2. The Bertz CT molecular complexity index is 387. The van der Waals surface area contributed by atoms with Gasteiger partial charge in [0.25, 0.3) is 0 Å². The predicted molar refractivity (Wildman–Crippen MR) is 53.4 cm³/mol. The van der Waals surface area contributed by atoms with Crippen molar-refractivity contribution in [3.05, 3.63) is 16.0 Å². The monoisotopic (exact) mass is 277 g/mol. The van der Waals surface area contributed by atoms with Crippen molar-refractivity contribution in [2.24, 2.45) is 0 Å². The summed E-state index contributed by atoms with van der Waals surface area (Å²) >= 11 is 8.86. The summed E-state index contributed by atoms with van der Waals surface area (Å²) in [6.07, 6.45) is 1.08. The summed E-state index contributed by atoms with van der Waals surface area (Å²) in [6, 6.07) is 0. The Morgan fingerprint density at radius 2 is 2.43 bits per heavy atom. The summed E-state index contributed by atoms with van der Waals surface area (Å²) in [5, 5.41) is 0.0999. The zero-order valence-electron chi connectivity index (χ0n) is 6.91. The number of ether oxygens (including phenoxy) is 1. The molecule has 0 saturated carbocycles. The second-order valence-electron chi connectivity index (χ2n) is 2.58. The van der Waals surface area contributed by atoms with E-state index in [-0.39, 0.29) is 5.28 Å². The number of amides is 1. The van der Waals surface area contributed by atoms with Crippen LogP contribution in [0.25, 0.3) is 0 Å². The van der Waals surface area contributed by atoms with E-state index in [9.17, 15) is 4.79 Å². The SMILES string of the molecule is O=C1OCCN1c1nc(Cl)ncc1Br. The molecular formula is C7H5BrClN3O2. The average Bonchev–Trinajstić information content (AvgIpc) is 2.56. The number of hydrogen-bond donors (Lipinski definition) is 0. The van der Waals surface area contributed by atoms with E-state index < -0.39 is 6.09 Å². The van der Waals surface area contributed by atoms with Crippen molar-refractivity contribution < 1.29 is 9.53 Å². The molecule has 1 aliphatic rings. The lowest BCUT2D eigenvalue weighted by atomic mass is 10.5. The summed E-state index contributed by atoms with van der Waals surface area (Å²) in [5.74, 6) is 0.438. The number of anilines is 1. The van der Waals surface area contributed by atoms with Gasteiger partial charge in [-0.3, -0.25) is 4.90 Å². The molecule has 1 fully saturated rings. The summed E-state index contributed by atoms with van der Waals surface area (Å²) in [7, 11) is 0. The first kappa shape index (κ1) is 9.67. The molecule has 1 aromatic heterocycles. The molecule has 0 spiro atoms. The Labute approximate surface area is 93.2 Å². The topological polar surface area (TPSA) is 55.3 Å². The highest BCUT2D eigenvalue weighted by atomic mass is 79.9. The van der Waals surface area contributed by atoms with Crippen LogP contribution in [0.4, 0.5) is 10.6 Å². The lowest BCUT2D eigenvalue weighted by molar-refractivity contribution is 0.181. The van der Waals surface area contributed by atoms with Crippen LogP contribution < -0.4 is 4.90 Å². The number of hydrogen-bond acceptors (Lipinski definition) is 4. The smallest absolute Gasteiger partial charge is 0.415 e. The van der Waals surface area contributed by atoms with Crippen LogP contribution in [0.15, 0.2) is 10.7 Å². The first-order valence-corrected chi connectivity index (χ1v) is 4.98. The number of carbonyl (C=O) groups is 1. The highest BCUT2D eigenvalue weighted by Gasteiger charge is 2.26. The fourth-order valence-corrected chi connectivity index (χ4v) is 1.65. The molecule has 74 valence electrons. The Morgan fingerprint density at radius 3 is 3.07 bits per heavy atom. The fraction of sp³-hybridized carbons (Fsp3) is 0.286. The number of nitrogens with zero attached hydrogens (tertiary/aromatic N) is 3. The van der Waals surface area contributed by atoms with E-state index in [1.165, 1.54) is 11.1 Å². The van der Waals surface area contributed by atoms with Gasteiger partial charge < -0.3 is 4.74 Å². The number of aromatic nitrogens is 2. The first-order valence-electron chi connectivity index (χ1n) is 3.81. The quantitative estimate of drug-likeness (QED) is 0.736. The predicted octanol–water partition coefficient (Wildman–Crippen LogP) is 1.85. The van der Waals surface area contributed by atoms with Gasteiger partial charge in [-0.05, 0) is 27.5 Å². The standard InChI is InChI=1S/C7H5BrClN3O2/c8-4-3-10-6(9)11-5(4)12-1-2-14-7(12)13/h3H,1-2H2. The van der Waals surface area contributed by atoms with Crippen molar-refractivity contribution in [1.82, 2.24) is 9.97 Å². The van der Waals surface area contributed by atoms with E-state index in [1.807, 2.05) is 0 Å². The highest BCUT2D eigenvalue weighted by molar-refractivity contribution is 9.10. The largest absolute Gasteiger partial charge is 0.447 e. The molecule has 0 radical (unpaired) electrons. The zero-order valence-corrected chi connectivity index (χ0v) is 9.25. The van der Waals surface area contributed by atoms with E-state index in [0.717, 1.165) is 0 Å². The average molecular weight is 278 g/mol. The molecule has 0 bridgehead atoms. The summed E-state index contributed by atoms with van der Waals surface area (Å²) < 4.78 is 5.39. The van der Waals surface area contributed by atoms with Gasteiger partial charge in [-0.1, -0.05) is 0 Å². The van der Waals surface area contributed by atoms with Crippen molar-refractivity contribution in [2.75, 3.05) is 18.1 Å².